The topological polar surface area (TPSA) is 152 Å². The lowest BCUT2D eigenvalue weighted by Gasteiger charge is -2.38. The molecule has 3 aliphatic rings. The van der Waals surface area contributed by atoms with Gasteiger partial charge in [-0.05, 0) is 35.5 Å². The summed E-state index contributed by atoms with van der Waals surface area (Å²) in [5.41, 5.74) is -0.902. The van der Waals surface area contributed by atoms with Crippen molar-refractivity contribution >= 4 is 27.9 Å². The Balaban J connectivity index is 1.83. The van der Waals surface area contributed by atoms with Crippen LogP contribution in [0.2, 0.25) is 0 Å². The van der Waals surface area contributed by atoms with Gasteiger partial charge in [0.1, 0.15) is 18.1 Å². The van der Waals surface area contributed by atoms with Gasteiger partial charge in [-0.15, -0.1) is 0 Å². The number of carbonyl (C=O) groups excluding carboxylic acids is 3. The van der Waals surface area contributed by atoms with E-state index in [1.807, 2.05) is 13.8 Å². The molecule has 1 saturated carbocycles. The first-order valence-electron chi connectivity index (χ1n) is 12.0. The van der Waals surface area contributed by atoms with Crippen molar-refractivity contribution in [1.82, 2.24) is 24.6 Å². The number of nitrogens with zero attached hydrogens (tertiary/aromatic N) is 3. The zero-order valence-electron chi connectivity index (χ0n) is 21.6. The largest absolute Gasteiger partial charge is 0.356 e. The highest BCUT2D eigenvalue weighted by atomic mass is 32.2. The molecule has 3 rings (SSSR count). The fourth-order valence-electron chi connectivity index (χ4n) is 5.39. The van der Waals surface area contributed by atoms with Crippen LogP contribution >= 0.6 is 0 Å². The van der Waals surface area contributed by atoms with E-state index >= 15 is 0 Å². The molecule has 196 valence electrons. The lowest BCUT2D eigenvalue weighted by Crippen LogP contribution is -2.60. The fraction of sp³-hybridized carbons (Fsp3) is 0.826. The maximum atomic E-state index is 13.7. The molecule has 2 heterocycles. The van der Waals surface area contributed by atoms with Gasteiger partial charge >= 0.3 is 0 Å². The average molecular weight is 511 g/mol. The van der Waals surface area contributed by atoms with Crippen LogP contribution in [0.3, 0.4) is 0 Å². The summed E-state index contributed by atoms with van der Waals surface area (Å²) in [4.78, 5) is 40.6. The van der Waals surface area contributed by atoms with E-state index in [0.717, 1.165) is 4.31 Å². The predicted octanol–water partition coefficient (Wildman–Crippen LogP) is -0.185. The van der Waals surface area contributed by atoms with Gasteiger partial charge in [-0.3, -0.25) is 14.4 Å². The zero-order chi connectivity index (χ0) is 26.5. The van der Waals surface area contributed by atoms with Crippen molar-refractivity contribution in [3.8, 4) is 6.07 Å². The van der Waals surface area contributed by atoms with Gasteiger partial charge in [0.25, 0.3) is 10.2 Å². The van der Waals surface area contributed by atoms with Crippen LogP contribution in [-0.2, 0) is 24.6 Å². The van der Waals surface area contributed by atoms with E-state index in [9.17, 15) is 28.1 Å². The van der Waals surface area contributed by atoms with E-state index in [4.69, 9.17) is 0 Å². The molecule has 0 aromatic heterocycles. The molecule has 3 N–H and O–H groups in total. The first-order valence-corrected chi connectivity index (χ1v) is 13.4. The SMILES string of the molecule is CN(C)S(=O)(=O)NC(C(=O)N1C[C@H]2[C@@H]([C@H]1C(=O)NC(C#N)C[C@@H]1CCNC1=O)C2(C)C)C(C)(C)C. The minimum atomic E-state index is -3.91. The number of amides is 3. The van der Waals surface area contributed by atoms with Crippen molar-refractivity contribution in [2.45, 2.75) is 65.6 Å². The second-order valence-corrected chi connectivity index (χ2v) is 13.7. The highest BCUT2D eigenvalue weighted by molar-refractivity contribution is 7.87. The average Bonchev–Trinajstić information content (AvgIpc) is 3.10. The van der Waals surface area contributed by atoms with E-state index in [2.05, 4.69) is 21.4 Å². The second kappa shape index (κ2) is 9.33. The summed E-state index contributed by atoms with van der Waals surface area (Å²) < 4.78 is 28.6. The molecule has 1 aliphatic carbocycles. The lowest BCUT2D eigenvalue weighted by molar-refractivity contribution is -0.143. The Bertz CT molecular complexity index is 1030. The van der Waals surface area contributed by atoms with Crippen LogP contribution < -0.4 is 15.4 Å². The molecule has 0 radical (unpaired) electrons. The molecule has 0 bridgehead atoms. The molecule has 2 unspecified atom stereocenters. The third kappa shape index (κ3) is 5.32. The van der Waals surface area contributed by atoms with Crippen molar-refractivity contribution in [2.24, 2.45) is 28.6 Å². The normalized spacial score (nSPS) is 29.2. The predicted molar refractivity (Wildman–Crippen MR) is 129 cm³/mol. The van der Waals surface area contributed by atoms with Crippen LogP contribution in [0.4, 0.5) is 0 Å². The number of nitriles is 1. The van der Waals surface area contributed by atoms with E-state index < -0.39 is 45.6 Å². The van der Waals surface area contributed by atoms with Crippen molar-refractivity contribution in [3.05, 3.63) is 0 Å². The van der Waals surface area contributed by atoms with Gasteiger partial charge in [-0.2, -0.15) is 22.7 Å². The van der Waals surface area contributed by atoms with Crippen molar-refractivity contribution in [3.63, 3.8) is 0 Å². The van der Waals surface area contributed by atoms with Gasteiger partial charge in [0.05, 0.1) is 6.07 Å². The summed E-state index contributed by atoms with van der Waals surface area (Å²) in [6.45, 7) is 10.3. The Labute approximate surface area is 208 Å². The summed E-state index contributed by atoms with van der Waals surface area (Å²) in [7, 11) is -1.15. The highest BCUT2D eigenvalue weighted by Gasteiger charge is 2.69. The van der Waals surface area contributed by atoms with Crippen LogP contribution in [0, 0.1) is 39.9 Å². The number of hydrogen-bond acceptors (Lipinski definition) is 6. The second-order valence-electron chi connectivity index (χ2n) is 11.8. The van der Waals surface area contributed by atoms with E-state index in [1.54, 1.807) is 20.8 Å². The monoisotopic (exact) mass is 510 g/mol. The first kappa shape index (κ1) is 27.4. The number of hydrogen-bond donors (Lipinski definition) is 3. The third-order valence-electron chi connectivity index (χ3n) is 7.78. The minimum absolute atomic E-state index is 0.0911. The number of rotatable bonds is 8. The number of carbonyl (C=O) groups is 3. The Kier molecular flexibility index (Phi) is 7.30. The quantitative estimate of drug-likeness (QED) is 0.412. The Morgan fingerprint density at radius 3 is 2.43 bits per heavy atom. The van der Waals surface area contributed by atoms with Crippen LogP contribution in [0.15, 0.2) is 0 Å². The van der Waals surface area contributed by atoms with Crippen LogP contribution in [0.5, 0.6) is 0 Å². The van der Waals surface area contributed by atoms with Gasteiger partial charge in [0.2, 0.25) is 17.7 Å². The smallest absolute Gasteiger partial charge is 0.279 e. The number of fused-ring (bicyclic) bond motifs is 1. The Hall–Kier alpha value is -2.23. The summed E-state index contributed by atoms with van der Waals surface area (Å²) in [6, 6.07) is -0.685. The molecule has 2 saturated heterocycles. The molecule has 0 spiro atoms. The molecule has 35 heavy (non-hydrogen) atoms. The van der Waals surface area contributed by atoms with Gasteiger partial charge in [-0.1, -0.05) is 34.6 Å². The molecule has 11 nitrogen and oxygen atoms in total. The highest BCUT2D eigenvalue weighted by Crippen LogP contribution is 2.65. The number of piperidine rings is 1. The number of likely N-dealkylation sites (tertiary alicyclic amines) is 1. The fourth-order valence-corrected chi connectivity index (χ4v) is 6.35. The third-order valence-corrected chi connectivity index (χ3v) is 9.27. The van der Waals surface area contributed by atoms with E-state index in [-0.39, 0.29) is 35.5 Å². The van der Waals surface area contributed by atoms with Gasteiger partial charge in [0.15, 0.2) is 0 Å². The molecule has 0 aromatic rings. The van der Waals surface area contributed by atoms with Gasteiger partial charge < -0.3 is 15.5 Å². The Morgan fingerprint density at radius 2 is 1.94 bits per heavy atom. The summed E-state index contributed by atoms with van der Waals surface area (Å²) in [6.07, 6.45) is 0.817. The van der Waals surface area contributed by atoms with E-state index in [1.165, 1.54) is 19.0 Å². The molecular weight excluding hydrogens is 472 g/mol. The number of nitrogens with one attached hydrogen (secondary N) is 3. The van der Waals surface area contributed by atoms with Crippen LogP contribution in [-0.4, -0.2) is 80.7 Å². The maximum absolute atomic E-state index is 13.7. The lowest BCUT2D eigenvalue weighted by atomic mass is 9.86. The minimum Gasteiger partial charge on any atom is -0.356 e. The van der Waals surface area contributed by atoms with Crippen LogP contribution in [0.1, 0.15) is 47.5 Å². The van der Waals surface area contributed by atoms with E-state index in [0.29, 0.717) is 19.5 Å². The van der Waals surface area contributed by atoms with Crippen molar-refractivity contribution in [1.29, 1.82) is 5.26 Å². The van der Waals surface area contributed by atoms with Gasteiger partial charge in [0, 0.05) is 33.1 Å². The molecule has 0 aromatic carbocycles. The summed E-state index contributed by atoms with van der Waals surface area (Å²) in [5.74, 6) is -1.35. The van der Waals surface area contributed by atoms with Crippen molar-refractivity contribution in [2.75, 3.05) is 27.2 Å². The van der Waals surface area contributed by atoms with Crippen LogP contribution in [0.25, 0.3) is 0 Å². The maximum Gasteiger partial charge on any atom is 0.279 e. The first-order chi connectivity index (χ1) is 16.0. The molecule has 3 fully saturated rings. The molecule has 12 heteroatoms. The summed E-state index contributed by atoms with van der Waals surface area (Å²) in [5, 5.41) is 15.1. The standard InChI is InChI=1S/C23H38N6O5S/c1-22(2,3)18(27-35(33,34)28(6)7)21(32)29-12-15-16(23(15,4)5)17(29)20(31)26-14(11-24)10-13-8-9-25-19(13)30/h13-18,27H,8-10,12H2,1-7H3,(H,25,30)(H,26,31)/t13-,14?,15-,16-,17-,18?/m0/s1. The zero-order valence-corrected chi connectivity index (χ0v) is 22.4. The molecular formula is C23H38N6O5S. The van der Waals surface area contributed by atoms with Crippen molar-refractivity contribution < 1.29 is 22.8 Å². The Morgan fingerprint density at radius 1 is 1.31 bits per heavy atom. The summed E-state index contributed by atoms with van der Waals surface area (Å²) >= 11 is 0. The van der Waals surface area contributed by atoms with Gasteiger partial charge in [-0.25, -0.2) is 0 Å². The molecule has 6 atom stereocenters. The molecule has 3 amide bonds. The molecule has 2 aliphatic heterocycles.